The summed E-state index contributed by atoms with van der Waals surface area (Å²) in [6.07, 6.45) is 6.48. The molecule has 0 saturated carbocycles. The molecule has 2 aliphatic rings. The van der Waals surface area contributed by atoms with Gasteiger partial charge < -0.3 is 14.8 Å². The molecule has 0 aliphatic carbocycles. The van der Waals surface area contributed by atoms with Crippen molar-refractivity contribution in [3.8, 4) is 0 Å². The average Bonchev–Trinajstić information content (AvgIpc) is 3.58. The number of fused-ring (bicyclic) bond motifs is 2. The Bertz CT molecular complexity index is 1270. The second kappa shape index (κ2) is 9.87. The van der Waals surface area contributed by atoms with Gasteiger partial charge >= 0.3 is 0 Å². The molecule has 2 saturated heterocycles. The average molecular weight is 495 g/mol. The summed E-state index contributed by atoms with van der Waals surface area (Å²) in [4.78, 5) is 14.2. The lowest BCUT2D eigenvalue weighted by molar-refractivity contribution is -0.164. The molecule has 3 aromatic heterocycles. The minimum absolute atomic E-state index is 0.00160. The van der Waals surface area contributed by atoms with Gasteiger partial charge in [0.1, 0.15) is 4.83 Å². The van der Waals surface area contributed by atoms with Gasteiger partial charge in [0.2, 0.25) is 0 Å². The number of thiazole rings is 1. The van der Waals surface area contributed by atoms with Gasteiger partial charge in [-0.1, -0.05) is 0 Å². The van der Waals surface area contributed by atoms with Crippen molar-refractivity contribution in [2.75, 3.05) is 31.6 Å². The number of aromatic nitrogens is 2. The summed E-state index contributed by atoms with van der Waals surface area (Å²) >= 11 is 3.51. The highest BCUT2D eigenvalue weighted by Crippen LogP contribution is 2.41. The minimum Gasteiger partial charge on any atom is -0.355 e. The fourth-order valence-corrected chi connectivity index (χ4v) is 7.10. The molecular formula is C26H30N4O2S2. The van der Waals surface area contributed by atoms with Crippen molar-refractivity contribution in [2.45, 2.75) is 50.9 Å². The van der Waals surface area contributed by atoms with Gasteiger partial charge in [-0.15, -0.1) is 22.7 Å². The standard InChI is InChI=1S/C26H30N4O2S2/c1-17-19(8-10-30(17)11-13-32-25-4-2-3-12-31-25)24-15-20-21(7-9-27-26(20)34-24)29-18-5-6-23-22(14-18)28-16-33-23/h5-7,9,14-17,19,25H,2-4,8,10-13H2,1H3,(H,27,29). The molecule has 34 heavy (non-hydrogen) atoms. The van der Waals surface area contributed by atoms with E-state index < -0.39 is 0 Å². The van der Waals surface area contributed by atoms with Gasteiger partial charge in [0.25, 0.3) is 0 Å². The summed E-state index contributed by atoms with van der Waals surface area (Å²) in [5.41, 5.74) is 5.09. The van der Waals surface area contributed by atoms with Gasteiger partial charge in [0.05, 0.1) is 28.0 Å². The fourth-order valence-electron chi connectivity index (χ4n) is 5.18. The Balaban J connectivity index is 1.14. The van der Waals surface area contributed by atoms with Crippen LogP contribution in [0, 0.1) is 0 Å². The molecule has 4 aromatic rings. The van der Waals surface area contributed by atoms with Crippen molar-refractivity contribution in [2.24, 2.45) is 0 Å². The molecule has 0 amide bonds. The number of thiophene rings is 1. The van der Waals surface area contributed by atoms with Crippen molar-refractivity contribution in [3.05, 3.63) is 46.9 Å². The first-order chi connectivity index (χ1) is 16.7. The van der Waals surface area contributed by atoms with E-state index in [9.17, 15) is 0 Å². The maximum absolute atomic E-state index is 5.99. The van der Waals surface area contributed by atoms with Crippen LogP contribution in [0.1, 0.15) is 43.4 Å². The number of likely N-dealkylation sites (tertiary alicyclic amines) is 1. The highest BCUT2D eigenvalue weighted by Gasteiger charge is 2.33. The second-order valence-electron chi connectivity index (χ2n) is 9.22. The van der Waals surface area contributed by atoms with Gasteiger partial charge in [-0.3, -0.25) is 4.90 Å². The van der Waals surface area contributed by atoms with Crippen LogP contribution in [-0.4, -0.2) is 53.5 Å². The van der Waals surface area contributed by atoms with Gasteiger partial charge in [-0.25, -0.2) is 9.97 Å². The molecule has 178 valence electrons. The van der Waals surface area contributed by atoms with Crippen LogP contribution >= 0.6 is 22.7 Å². The molecule has 3 atom stereocenters. The van der Waals surface area contributed by atoms with Crippen molar-refractivity contribution in [3.63, 3.8) is 0 Å². The van der Waals surface area contributed by atoms with Crippen LogP contribution in [0.5, 0.6) is 0 Å². The Morgan fingerprint density at radius 1 is 1.18 bits per heavy atom. The van der Waals surface area contributed by atoms with E-state index in [1.165, 1.54) is 27.8 Å². The number of nitrogens with zero attached hydrogens (tertiary/aromatic N) is 3. The zero-order valence-corrected chi connectivity index (χ0v) is 21.0. The maximum atomic E-state index is 5.99. The lowest BCUT2D eigenvalue weighted by Gasteiger charge is -2.26. The van der Waals surface area contributed by atoms with E-state index in [4.69, 9.17) is 9.47 Å². The molecule has 8 heteroatoms. The summed E-state index contributed by atoms with van der Waals surface area (Å²) in [6, 6.07) is 11.3. The number of hydrogen-bond donors (Lipinski definition) is 1. The van der Waals surface area contributed by atoms with Gasteiger partial charge in [0, 0.05) is 47.3 Å². The molecule has 1 N–H and O–H groups in total. The number of nitrogens with one attached hydrogen (secondary N) is 1. The minimum atomic E-state index is -0.00160. The highest BCUT2D eigenvalue weighted by molar-refractivity contribution is 7.18. The van der Waals surface area contributed by atoms with Gasteiger partial charge in [-0.2, -0.15) is 0 Å². The van der Waals surface area contributed by atoms with Crippen LogP contribution < -0.4 is 5.32 Å². The van der Waals surface area contributed by atoms with Crippen molar-refractivity contribution in [1.82, 2.24) is 14.9 Å². The Morgan fingerprint density at radius 3 is 3.06 bits per heavy atom. The third-order valence-corrected chi connectivity index (χ3v) is 9.12. The molecule has 5 heterocycles. The van der Waals surface area contributed by atoms with Gasteiger partial charge in [-0.05, 0) is 69.5 Å². The monoisotopic (exact) mass is 494 g/mol. The molecule has 6 rings (SSSR count). The zero-order valence-electron chi connectivity index (χ0n) is 19.4. The van der Waals surface area contributed by atoms with Crippen LogP contribution in [-0.2, 0) is 9.47 Å². The maximum Gasteiger partial charge on any atom is 0.157 e. The summed E-state index contributed by atoms with van der Waals surface area (Å²) in [5.74, 6) is 0.532. The first kappa shape index (κ1) is 22.4. The molecule has 0 radical (unpaired) electrons. The molecule has 0 bridgehead atoms. The van der Waals surface area contributed by atoms with Crippen LogP contribution in [0.15, 0.2) is 42.0 Å². The Kier molecular flexibility index (Phi) is 6.49. The Labute approximate surface area is 207 Å². The van der Waals surface area contributed by atoms with Crippen LogP contribution in [0.25, 0.3) is 20.4 Å². The molecule has 1 aromatic carbocycles. The quantitative estimate of drug-likeness (QED) is 0.322. The Hall–Kier alpha value is -2.10. The lowest BCUT2D eigenvalue weighted by Crippen LogP contribution is -2.34. The van der Waals surface area contributed by atoms with E-state index in [-0.39, 0.29) is 6.29 Å². The van der Waals surface area contributed by atoms with E-state index in [1.807, 2.05) is 23.0 Å². The number of rotatable bonds is 7. The number of hydrogen-bond acceptors (Lipinski definition) is 8. The summed E-state index contributed by atoms with van der Waals surface area (Å²) < 4.78 is 12.9. The number of pyridine rings is 1. The molecular weight excluding hydrogens is 464 g/mol. The lowest BCUT2D eigenvalue weighted by atomic mass is 9.99. The predicted molar refractivity (Wildman–Crippen MR) is 140 cm³/mol. The topological polar surface area (TPSA) is 59.5 Å². The zero-order chi connectivity index (χ0) is 22.9. The van der Waals surface area contributed by atoms with E-state index in [2.05, 4.69) is 57.4 Å². The summed E-state index contributed by atoms with van der Waals surface area (Å²) in [6.45, 7) is 6.01. The summed E-state index contributed by atoms with van der Waals surface area (Å²) in [7, 11) is 0. The molecule has 6 nitrogen and oxygen atoms in total. The smallest absolute Gasteiger partial charge is 0.157 e. The van der Waals surface area contributed by atoms with Crippen LogP contribution in [0.4, 0.5) is 11.4 Å². The van der Waals surface area contributed by atoms with E-state index in [1.54, 1.807) is 11.3 Å². The van der Waals surface area contributed by atoms with Crippen LogP contribution in [0.2, 0.25) is 0 Å². The largest absolute Gasteiger partial charge is 0.355 e. The second-order valence-corrected chi connectivity index (χ2v) is 11.2. The summed E-state index contributed by atoms with van der Waals surface area (Å²) in [5, 5.41) is 4.80. The molecule has 0 spiro atoms. The number of anilines is 2. The molecule has 2 fully saturated rings. The van der Waals surface area contributed by atoms with E-state index in [0.717, 1.165) is 60.9 Å². The highest BCUT2D eigenvalue weighted by atomic mass is 32.1. The Morgan fingerprint density at radius 2 is 2.15 bits per heavy atom. The number of ether oxygens (including phenoxy) is 2. The predicted octanol–water partition coefficient (Wildman–Crippen LogP) is 6.37. The van der Waals surface area contributed by atoms with Gasteiger partial charge in [0.15, 0.2) is 6.29 Å². The van der Waals surface area contributed by atoms with Crippen molar-refractivity contribution < 1.29 is 9.47 Å². The third-order valence-electron chi connectivity index (χ3n) is 7.14. The molecule has 2 aliphatic heterocycles. The van der Waals surface area contributed by atoms with Crippen LogP contribution in [0.3, 0.4) is 0 Å². The van der Waals surface area contributed by atoms with E-state index in [0.29, 0.717) is 12.0 Å². The number of benzene rings is 1. The van der Waals surface area contributed by atoms with Crippen molar-refractivity contribution >= 4 is 54.5 Å². The SMILES string of the molecule is CC1C(c2cc3c(Nc4ccc5scnc5c4)ccnc3s2)CCN1CCOC1CCCCO1. The van der Waals surface area contributed by atoms with Crippen molar-refractivity contribution in [1.29, 1.82) is 0 Å². The van der Waals surface area contributed by atoms with E-state index >= 15 is 0 Å². The molecule has 3 unspecified atom stereocenters. The first-order valence-corrected chi connectivity index (χ1v) is 13.9. The first-order valence-electron chi connectivity index (χ1n) is 12.2. The fraction of sp³-hybridized carbons (Fsp3) is 0.462. The third kappa shape index (κ3) is 4.57. The normalized spacial score (nSPS) is 23.7.